The van der Waals surface area contributed by atoms with Gasteiger partial charge >= 0.3 is 0 Å². The monoisotopic (exact) mass is 357 g/mol. The molecule has 1 aromatic rings. The minimum Gasteiger partial charge on any atom is -0.355 e. The quantitative estimate of drug-likeness (QED) is 0.820. The Labute approximate surface area is 156 Å². The number of rotatable bonds is 6. The van der Waals surface area contributed by atoms with Crippen LogP contribution in [-0.2, 0) is 9.59 Å². The molecule has 1 heterocycles. The summed E-state index contributed by atoms with van der Waals surface area (Å²) in [6, 6.07) is 8.70. The maximum Gasteiger partial charge on any atom is 0.226 e. The number of benzene rings is 1. The topological polar surface area (TPSA) is 75.4 Å². The van der Waals surface area contributed by atoms with Crippen LogP contribution in [0, 0.1) is 11.8 Å². The van der Waals surface area contributed by atoms with Gasteiger partial charge in [0.1, 0.15) is 0 Å². The molecule has 1 aliphatic heterocycles. The van der Waals surface area contributed by atoms with Gasteiger partial charge in [-0.25, -0.2) is 0 Å². The van der Waals surface area contributed by atoms with Gasteiger partial charge in [-0.3, -0.25) is 9.59 Å². The first-order valence-electron chi connectivity index (χ1n) is 9.87. The molecule has 2 amide bonds. The second kappa shape index (κ2) is 8.21. The predicted octanol–water partition coefficient (Wildman–Crippen LogP) is 2.23. The summed E-state index contributed by atoms with van der Waals surface area (Å²) >= 11 is 0. The number of nitrogens with two attached hydrogens (primary N) is 1. The SMILES string of the molecule is CC(C)c1ccc(C2CC2C(=O)N2CCCC(C(=O)NCCN)C2)cc1. The predicted molar refractivity (Wildman–Crippen MR) is 103 cm³/mol. The summed E-state index contributed by atoms with van der Waals surface area (Å²) in [6.07, 6.45) is 2.68. The Bertz CT molecular complexity index is 641. The second-order valence-electron chi connectivity index (χ2n) is 7.97. The van der Waals surface area contributed by atoms with E-state index in [1.54, 1.807) is 0 Å². The maximum atomic E-state index is 12.9. The molecule has 3 atom stereocenters. The zero-order valence-electron chi connectivity index (χ0n) is 15.9. The highest BCUT2D eigenvalue weighted by Gasteiger charge is 2.46. The Balaban J connectivity index is 1.55. The van der Waals surface area contributed by atoms with Gasteiger partial charge in [0, 0.05) is 32.1 Å². The van der Waals surface area contributed by atoms with E-state index in [1.807, 2.05) is 4.90 Å². The van der Waals surface area contributed by atoms with Crippen LogP contribution in [0.25, 0.3) is 0 Å². The van der Waals surface area contributed by atoms with E-state index >= 15 is 0 Å². The second-order valence-corrected chi connectivity index (χ2v) is 7.97. The zero-order chi connectivity index (χ0) is 18.7. The van der Waals surface area contributed by atoms with E-state index in [9.17, 15) is 9.59 Å². The van der Waals surface area contributed by atoms with Gasteiger partial charge in [0.05, 0.1) is 5.92 Å². The van der Waals surface area contributed by atoms with Gasteiger partial charge in [0.25, 0.3) is 0 Å². The minimum absolute atomic E-state index is 0.0320. The van der Waals surface area contributed by atoms with Crippen LogP contribution in [0.5, 0.6) is 0 Å². The summed E-state index contributed by atoms with van der Waals surface area (Å²) < 4.78 is 0. The fourth-order valence-corrected chi connectivity index (χ4v) is 3.93. The van der Waals surface area contributed by atoms with Gasteiger partial charge in [-0.15, -0.1) is 0 Å². The smallest absolute Gasteiger partial charge is 0.226 e. The van der Waals surface area contributed by atoms with E-state index in [0.29, 0.717) is 31.5 Å². The molecule has 0 spiro atoms. The molecule has 1 aliphatic carbocycles. The summed E-state index contributed by atoms with van der Waals surface area (Å²) in [5, 5.41) is 2.85. The van der Waals surface area contributed by atoms with Crippen LogP contribution in [-0.4, -0.2) is 42.9 Å². The van der Waals surface area contributed by atoms with Gasteiger partial charge in [-0.2, -0.15) is 0 Å². The molecule has 5 heteroatoms. The molecular formula is C21H31N3O2. The van der Waals surface area contributed by atoms with Crippen LogP contribution in [0.3, 0.4) is 0 Å². The lowest BCUT2D eigenvalue weighted by Gasteiger charge is -2.32. The number of nitrogens with zero attached hydrogens (tertiary/aromatic N) is 1. The van der Waals surface area contributed by atoms with Gasteiger partial charge in [0.15, 0.2) is 0 Å². The van der Waals surface area contributed by atoms with Crippen LogP contribution < -0.4 is 11.1 Å². The maximum absolute atomic E-state index is 12.9. The summed E-state index contributed by atoms with van der Waals surface area (Å²) in [6.45, 7) is 6.64. The Kier molecular flexibility index (Phi) is 5.97. The first kappa shape index (κ1) is 18.9. The standard InChI is InChI=1S/C21H31N3O2/c1-14(2)15-5-7-16(8-6-15)18-12-19(18)21(26)24-11-3-4-17(13-24)20(25)23-10-9-22/h5-8,14,17-19H,3-4,9-13,22H2,1-2H3,(H,23,25). The Morgan fingerprint density at radius 3 is 2.65 bits per heavy atom. The third kappa shape index (κ3) is 4.26. The highest BCUT2D eigenvalue weighted by Crippen LogP contribution is 2.49. The summed E-state index contributed by atoms with van der Waals surface area (Å²) in [4.78, 5) is 27.0. The molecule has 142 valence electrons. The molecular weight excluding hydrogens is 326 g/mol. The van der Waals surface area contributed by atoms with Crippen molar-refractivity contribution >= 4 is 11.8 Å². The molecule has 1 saturated carbocycles. The molecule has 3 unspecified atom stereocenters. The molecule has 2 aliphatic rings. The number of likely N-dealkylation sites (tertiary alicyclic amines) is 1. The van der Waals surface area contributed by atoms with Crippen molar-refractivity contribution in [3.8, 4) is 0 Å². The molecule has 0 bridgehead atoms. The van der Waals surface area contributed by atoms with Gasteiger partial charge < -0.3 is 16.0 Å². The fourth-order valence-electron chi connectivity index (χ4n) is 3.93. The molecule has 26 heavy (non-hydrogen) atoms. The van der Waals surface area contributed by atoms with Crippen molar-refractivity contribution in [1.29, 1.82) is 0 Å². The Morgan fingerprint density at radius 2 is 2.00 bits per heavy atom. The molecule has 5 nitrogen and oxygen atoms in total. The van der Waals surface area contributed by atoms with Crippen molar-refractivity contribution < 1.29 is 9.59 Å². The summed E-state index contributed by atoms with van der Waals surface area (Å²) in [7, 11) is 0. The molecule has 2 fully saturated rings. The normalized spacial score (nSPS) is 25.2. The molecule has 0 aromatic heterocycles. The number of hydrogen-bond acceptors (Lipinski definition) is 3. The van der Waals surface area contributed by atoms with E-state index in [0.717, 1.165) is 25.8 Å². The fraction of sp³-hybridized carbons (Fsp3) is 0.619. The van der Waals surface area contributed by atoms with Gasteiger partial charge in [-0.1, -0.05) is 38.1 Å². The number of carbonyl (C=O) groups is 2. The lowest BCUT2D eigenvalue weighted by molar-refractivity contribution is -0.136. The Morgan fingerprint density at radius 1 is 1.27 bits per heavy atom. The van der Waals surface area contributed by atoms with Crippen molar-refractivity contribution in [3.63, 3.8) is 0 Å². The molecule has 3 rings (SSSR count). The third-order valence-corrected chi connectivity index (χ3v) is 5.69. The van der Waals surface area contributed by atoms with Gasteiger partial charge in [0.2, 0.25) is 11.8 Å². The summed E-state index contributed by atoms with van der Waals surface area (Å²) in [5.41, 5.74) is 8.05. The van der Waals surface area contributed by atoms with E-state index in [-0.39, 0.29) is 23.7 Å². The van der Waals surface area contributed by atoms with Crippen molar-refractivity contribution in [3.05, 3.63) is 35.4 Å². The highest BCUT2D eigenvalue weighted by molar-refractivity contribution is 5.85. The lowest BCUT2D eigenvalue weighted by atomic mass is 9.96. The number of amides is 2. The molecule has 1 saturated heterocycles. The average Bonchev–Trinajstić information content (AvgIpc) is 3.46. The Hall–Kier alpha value is -1.88. The minimum atomic E-state index is -0.0956. The average molecular weight is 357 g/mol. The van der Waals surface area contributed by atoms with E-state index in [2.05, 4.69) is 43.4 Å². The van der Waals surface area contributed by atoms with Crippen LogP contribution in [0.2, 0.25) is 0 Å². The lowest BCUT2D eigenvalue weighted by Crippen LogP contribution is -2.46. The number of carbonyl (C=O) groups excluding carboxylic acids is 2. The number of piperidine rings is 1. The van der Waals surface area contributed by atoms with E-state index in [4.69, 9.17) is 5.73 Å². The van der Waals surface area contributed by atoms with Crippen LogP contribution >= 0.6 is 0 Å². The van der Waals surface area contributed by atoms with Crippen LogP contribution in [0.15, 0.2) is 24.3 Å². The van der Waals surface area contributed by atoms with E-state index < -0.39 is 0 Å². The van der Waals surface area contributed by atoms with Crippen molar-refractivity contribution in [2.24, 2.45) is 17.6 Å². The first-order chi connectivity index (χ1) is 12.5. The highest BCUT2D eigenvalue weighted by atomic mass is 16.2. The van der Waals surface area contributed by atoms with Crippen molar-refractivity contribution in [1.82, 2.24) is 10.2 Å². The van der Waals surface area contributed by atoms with Crippen molar-refractivity contribution in [2.45, 2.75) is 44.9 Å². The summed E-state index contributed by atoms with van der Waals surface area (Å²) in [5.74, 6) is 1.11. The number of hydrogen-bond donors (Lipinski definition) is 2. The molecule has 3 N–H and O–H groups in total. The van der Waals surface area contributed by atoms with E-state index in [1.165, 1.54) is 11.1 Å². The third-order valence-electron chi connectivity index (χ3n) is 5.69. The molecule has 0 radical (unpaired) electrons. The zero-order valence-corrected chi connectivity index (χ0v) is 15.9. The largest absolute Gasteiger partial charge is 0.355 e. The molecule has 1 aromatic carbocycles. The van der Waals surface area contributed by atoms with Crippen molar-refractivity contribution in [2.75, 3.05) is 26.2 Å². The van der Waals surface area contributed by atoms with Gasteiger partial charge in [-0.05, 0) is 42.2 Å². The van der Waals surface area contributed by atoms with Crippen LogP contribution in [0.4, 0.5) is 0 Å². The number of nitrogens with one attached hydrogen (secondary N) is 1. The van der Waals surface area contributed by atoms with Crippen LogP contribution in [0.1, 0.15) is 56.1 Å². The first-order valence-corrected chi connectivity index (χ1v) is 9.87.